The second-order valence-corrected chi connectivity index (χ2v) is 8.19. The lowest BCUT2D eigenvalue weighted by Crippen LogP contribution is -2.54. The standard InChI is InChI=1S/C19H20F3N5O3/c20-19(21,22)13-7-24-14(8-23-13)27-16-11-5-10(11)6-12(16)15(26-27)17(29)25-18(9-28)1-3-30-4-2-18/h7-8,10-11,28H,1-6,9H2,(H,25,29)/t10-,11-/m1/s1. The summed E-state index contributed by atoms with van der Waals surface area (Å²) in [5.74, 6) is 0.400. The number of aliphatic hydroxyl groups excluding tert-OH is 1. The molecular weight excluding hydrogens is 403 g/mol. The molecule has 0 bridgehead atoms. The van der Waals surface area contributed by atoms with Crippen LogP contribution in [0.4, 0.5) is 13.2 Å². The van der Waals surface area contributed by atoms with Crippen molar-refractivity contribution in [2.45, 2.75) is 43.3 Å². The lowest BCUT2D eigenvalue weighted by molar-refractivity contribution is -0.141. The number of ether oxygens (including phenoxy) is 1. The van der Waals surface area contributed by atoms with Gasteiger partial charge in [-0.25, -0.2) is 14.6 Å². The molecule has 1 amide bonds. The summed E-state index contributed by atoms with van der Waals surface area (Å²) in [6.07, 6.45) is -0.224. The van der Waals surface area contributed by atoms with Crippen molar-refractivity contribution in [3.8, 4) is 5.82 Å². The molecule has 2 aromatic heterocycles. The van der Waals surface area contributed by atoms with Crippen LogP contribution in [0.2, 0.25) is 0 Å². The van der Waals surface area contributed by atoms with Crippen LogP contribution in [0.5, 0.6) is 0 Å². The lowest BCUT2D eigenvalue weighted by atomic mass is 9.90. The fourth-order valence-electron chi connectivity index (χ4n) is 4.43. The molecule has 1 aliphatic heterocycles. The lowest BCUT2D eigenvalue weighted by Gasteiger charge is -2.36. The van der Waals surface area contributed by atoms with Gasteiger partial charge >= 0.3 is 6.18 Å². The number of hydrogen-bond acceptors (Lipinski definition) is 6. The van der Waals surface area contributed by atoms with E-state index in [1.54, 1.807) is 0 Å². The molecule has 3 aliphatic rings. The average molecular weight is 423 g/mol. The number of halogens is 3. The van der Waals surface area contributed by atoms with E-state index in [4.69, 9.17) is 4.74 Å². The van der Waals surface area contributed by atoms with E-state index >= 15 is 0 Å². The van der Waals surface area contributed by atoms with Crippen LogP contribution in [0.1, 0.15) is 52.6 Å². The quantitative estimate of drug-likeness (QED) is 0.775. The van der Waals surface area contributed by atoms with Crippen molar-refractivity contribution in [1.82, 2.24) is 25.1 Å². The Hall–Kier alpha value is -2.53. The van der Waals surface area contributed by atoms with Crippen LogP contribution < -0.4 is 5.32 Å². The van der Waals surface area contributed by atoms with Crippen LogP contribution in [-0.2, 0) is 17.3 Å². The van der Waals surface area contributed by atoms with Crippen molar-refractivity contribution < 1.29 is 27.8 Å². The number of rotatable bonds is 4. The van der Waals surface area contributed by atoms with Gasteiger partial charge in [-0.2, -0.15) is 18.3 Å². The normalized spacial score (nSPS) is 24.3. The van der Waals surface area contributed by atoms with Crippen molar-refractivity contribution >= 4 is 5.91 Å². The van der Waals surface area contributed by atoms with Gasteiger partial charge in [-0.05, 0) is 31.6 Å². The minimum absolute atomic E-state index is 0.147. The molecule has 0 aromatic carbocycles. The second kappa shape index (κ2) is 6.74. The maximum atomic E-state index is 13.1. The molecule has 11 heteroatoms. The maximum absolute atomic E-state index is 13.1. The Labute approximate surface area is 169 Å². The summed E-state index contributed by atoms with van der Waals surface area (Å²) < 4.78 is 45.2. The Bertz CT molecular complexity index is 983. The average Bonchev–Trinajstić information content (AvgIpc) is 3.23. The molecule has 2 atom stereocenters. The van der Waals surface area contributed by atoms with Crippen LogP contribution >= 0.6 is 0 Å². The van der Waals surface area contributed by atoms with E-state index in [0.29, 0.717) is 44.6 Å². The number of hydrogen-bond donors (Lipinski definition) is 2. The molecular formula is C19H20F3N5O3. The van der Waals surface area contributed by atoms with Gasteiger partial charge in [0.2, 0.25) is 0 Å². The van der Waals surface area contributed by atoms with Crippen LogP contribution in [0.25, 0.3) is 5.82 Å². The summed E-state index contributed by atoms with van der Waals surface area (Å²) in [5, 5.41) is 17.2. The Morgan fingerprint density at radius 3 is 2.70 bits per heavy atom. The van der Waals surface area contributed by atoms with Crippen molar-refractivity contribution in [2.75, 3.05) is 19.8 Å². The Balaban J connectivity index is 1.48. The van der Waals surface area contributed by atoms with Gasteiger partial charge in [0.15, 0.2) is 17.2 Å². The zero-order chi connectivity index (χ0) is 21.1. The van der Waals surface area contributed by atoms with Crippen LogP contribution in [0.3, 0.4) is 0 Å². The predicted molar refractivity (Wildman–Crippen MR) is 96.0 cm³/mol. The number of aromatic nitrogens is 4. The largest absolute Gasteiger partial charge is 0.434 e. The van der Waals surface area contributed by atoms with Gasteiger partial charge in [-0.3, -0.25) is 4.79 Å². The molecule has 2 N–H and O–H groups in total. The molecule has 30 heavy (non-hydrogen) atoms. The van der Waals surface area contributed by atoms with E-state index in [2.05, 4.69) is 20.4 Å². The first kappa shape index (κ1) is 19.4. The molecule has 2 fully saturated rings. The van der Waals surface area contributed by atoms with Gasteiger partial charge in [0.1, 0.15) is 0 Å². The Morgan fingerprint density at radius 2 is 2.07 bits per heavy atom. The third-order valence-electron chi connectivity index (χ3n) is 6.26. The number of aliphatic hydroxyl groups is 1. The summed E-state index contributed by atoms with van der Waals surface area (Å²) in [6, 6.07) is 0. The number of carbonyl (C=O) groups is 1. The summed E-state index contributed by atoms with van der Waals surface area (Å²) in [5.41, 5.74) is 0.0153. The first-order valence-corrected chi connectivity index (χ1v) is 9.84. The van der Waals surface area contributed by atoms with Gasteiger partial charge in [0, 0.05) is 24.7 Å². The maximum Gasteiger partial charge on any atom is 0.434 e. The van der Waals surface area contributed by atoms with E-state index in [1.165, 1.54) is 4.68 Å². The molecule has 1 saturated heterocycles. The predicted octanol–water partition coefficient (Wildman–Crippen LogP) is 1.61. The Kier molecular flexibility index (Phi) is 4.37. The van der Waals surface area contributed by atoms with Crippen molar-refractivity contribution in [2.24, 2.45) is 5.92 Å². The third kappa shape index (κ3) is 3.16. The van der Waals surface area contributed by atoms with Gasteiger partial charge in [-0.1, -0.05) is 0 Å². The SMILES string of the molecule is O=C(NC1(CO)CCOCC1)c1nn(-c2cnc(C(F)(F)F)cn2)c2c1C[C@H]1C[C@@H]21. The summed E-state index contributed by atoms with van der Waals surface area (Å²) in [7, 11) is 0. The number of fused-ring (bicyclic) bond motifs is 3. The number of carbonyl (C=O) groups excluding carboxylic acids is 1. The molecule has 5 rings (SSSR count). The van der Waals surface area contributed by atoms with E-state index < -0.39 is 23.3 Å². The molecule has 8 nitrogen and oxygen atoms in total. The van der Waals surface area contributed by atoms with Crippen LogP contribution in [0.15, 0.2) is 12.4 Å². The van der Waals surface area contributed by atoms with E-state index in [0.717, 1.165) is 23.9 Å². The van der Waals surface area contributed by atoms with Crippen molar-refractivity contribution in [1.29, 1.82) is 0 Å². The number of alkyl halides is 3. The smallest absolute Gasteiger partial charge is 0.394 e. The fourth-order valence-corrected chi connectivity index (χ4v) is 4.43. The minimum Gasteiger partial charge on any atom is -0.394 e. The molecule has 0 spiro atoms. The van der Waals surface area contributed by atoms with Gasteiger partial charge in [0.05, 0.1) is 30.2 Å². The van der Waals surface area contributed by atoms with Crippen molar-refractivity contribution in [3.05, 3.63) is 35.0 Å². The fraction of sp³-hybridized carbons (Fsp3) is 0.579. The highest BCUT2D eigenvalue weighted by molar-refractivity contribution is 5.95. The molecule has 1 saturated carbocycles. The molecule has 2 aliphatic carbocycles. The van der Waals surface area contributed by atoms with E-state index in [9.17, 15) is 23.1 Å². The highest BCUT2D eigenvalue weighted by Gasteiger charge is 2.50. The minimum atomic E-state index is -4.58. The topological polar surface area (TPSA) is 102 Å². The zero-order valence-electron chi connectivity index (χ0n) is 15.9. The Morgan fingerprint density at radius 1 is 1.30 bits per heavy atom. The summed E-state index contributed by atoms with van der Waals surface area (Å²) in [6.45, 7) is 0.679. The number of nitrogens with zero attached hydrogens (tertiary/aromatic N) is 4. The molecule has 2 aromatic rings. The highest BCUT2D eigenvalue weighted by atomic mass is 19.4. The van der Waals surface area contributed by atoms with Gasteiger partial charge < -0.3 is 15.2 Å². The molecule has 0 unspecified atom stereocenters. The third-order valence-corrected chi connectivity index (χ3v) is 6.26. The van der Waals surface area contributed by atoms with Crippen LogP contribution in [-0.4, -0.2) is 56.1 Å². The summed E-state index contributed by atoms with van der Waals surface area (Å²) in [4.78, 5) is 20.4. The zero-order valence-corrected chi connectivity index (χ0v) is 15.9. The monoisotopic (exact) mass is 423 g/mol. The number of amides is 1. The molecule has 3 heterocycles. The number of nitrogens with one attached hydrogen (secondary N) is 1. The second-order valence-electron chi connectivity index (χ2n) is 8.19. The van der Waals surface area contributed by atoms with Gasteiger partial charge in [-0.15, -0.1) is 0 Å². The summed E-state index contributed by atoms with van der Waals surface area (Å²) >= 11 is 0. The van der Waals surface area contributed by atoms with Crippen LogP contribution in [0, 0.1) is 5.92 Å². The highest BCUT2D eigenvalue weighted by Crippen LogP contribution is 2.57. The first-order chi connectivity index (χ1) is 14.3. The van der Waals surface area contributed by atoms with E-state index in [-0.39, 0.29) is 24.0 Å². The van der Waals surface area contributed by atoms with Crippen molar-refractivity contribution in [3.63, 3.8) is 0 Å². The van der Waals surface area contributed by atoms with E-state index in [1.807, 2.05) is 0 Å². The molecule has 0 radical (unpaired) electrons. The first-order valence-electron chi connectivity index (χ1n) is 9.84. The molecule has 160 valence electrons. The van der Waals surface area contributed by atoms with Gasteiger partial charge in [0.25, 0.3) is 5.91 Å².